The molecule has 5 nitrogen and oxygen atoms in total. The maximum atomic E-state index is 12.6. The monoisotopic (exact) mass is 364 g/mol. The number of aromatic nitrogens is 1. The number of alkyl halides is 3. The van der Waals surface area contributed by atoms with Gasteiger partial charge in [-0.3, -0.25) is 9.69 Å². The van der Waals surface area contributed by atoms with Gasteiger partial charge in [-0.1, -0.05) is 12.1 Å². The van der Waals surface area contributed by atoms with E-state index in [0.29, 0.717) is 44.1 Å². The minimum absolute atomic E-state index is 0.0910. The predicted molar refractivity (Wildman–Crippen MR) is 91.3 cm³/mol. The van der Waals surface area contributed by atoms with Crippen LogP contribution in [0.15, 0.2) is 42.6 Å². The maximum Gasteiger partial charge on any atom is 0.416 e. The molecule has 1 aromatic carbocycles. The number of anilines is 1. The average Bonchev–Trinajstić information content (AvgIpc) is 2.62. The van der Waals surface area contributed by atoms with E-state index in [9.17, 15) is 18.0 Å². The van der Waals surface area contributed by atoms with Crippen molar-refractivity contribution in [2.75, 3.05) is 31.9 Å². The van der Waals surface area contributed by atoms with E-state index >= 15 is 0 Å². The van der Waals surface area contributed by atoms with Gasteiger partial charge in [-0.2, -0.15) is 13.2 Å². The number of hydrogen-bond acceptors (Lipinski definition) is 4. The van der Waals surface area contributed by atoms with Crippen molar-refractivity contribution >= 4 is 11.7 Å². The van der Waals surface area contributed by atoms with Crippen molar-refractivity contribution in [1.29, 1.82) is 0 Å². The Balaban J connectivity index is 1.53. The summed E-state index contributed by atoms with van der Waals surface area (Å²) in [4.78, 5) is 20.2. The largest absolute Gasteiger partial charge is 0.416 e. The molecule has 2 N–H and O–H groups in total. The Kier molecular flexibility index (Phi) is 5.13. The predicted octanol–water partition coefficient (Wildman–Crippen LogP) is 2.64. The molecule has 1 aromatic heterocycles. The van der Waals surface area contributed by atoms with Crippen LogP contribution in [-0.2, 0) is 12.7 Å². The lowest BCUT2D eigenvalue weighted by molar-refractivity contribution is -0.137. The first-order valence-corrected chi connectivity index (χ1v) is 8.22. The molecule has 2 heterocycles. The fourth-order valence-corrected chi connectivity index (χ4v) is 2.88. The van der Waals surface area contributed by atoms with E-state index in [-0.39, 0.29) is 5.91 Å². The molecule has 0 unspecified atom stereocenters. The maximum absolute atomic E-state index is 12.6. The van der Waals surface area contributed by atoms with E-state index in [1.165, 1.54) is 18.3 Å². The molecule has 0 atom stereocenters. The highest BCUT2D eigenvalue weighted by molar-refractivity contribution is 5.94. The van der Waals surface area contributed by atoms with Crippen LogP contribution in [0.4, 0.5) is 19.0 Å². The molecule has 0 saturated carbocycles. The van der Waals surface area contributed by atoms with Gasteiger partial charge in [-0.15, -0.1) is 0 Å². The summed E-state index contributed by atoms with van der Waals surface area (Å²) >= 11 is 0. The van der Waals surface area contributed by atoms with E-state index in [1.54, 1.807) is 17.0 Å². The number of nitrogen functional groups attached to an aromatic ring is 1. The van der Waals surface area contributed by atoms with Crippen molar-refractivity contribution in [2.24, 2.45) is 0 Å². The van der Waals surface area contributed by atoms with Crippen molar-refractivity contribution in [3.05, 3.63) is 59.3 Å². The molecule has 0 aliphatic carbocycles. The quantitative estimate of drug-likeness (QED) is 0.910. The van der Waals surface area contributed by atoms with E-state index in [2.05, 4.69) is 9.88 Å². The number of benzene rings is 1. The number of carbonyl (C=O) groups is 1. The summed E-state index contributed by atoms with van der Waals surface area (Å²) in [5.74, 6) is 0.273. The molecular formula is C18H19F3N4O. The number of nitrogens with two attached hydrogens (primary N) is 1. The van der Waals surface area contributed by atoms with E-state index < -0.39 is 11.7 Å². The summed E-state index contributed by atoms with van der Waals surface area (Å²) in [6.07, 6.45) is -2.85. The summed E-state index contributed by atoms with van der Waals surface area (Å²) in [5, 5.41) is 0. The molecule has 0 spiro atoms. The number of carbonyl (C=O) groups excluding carboxylic acids is 1. The summed E-state index contributed by atoms with van der Waals surface area (Å²) in [6.45, 7) is 3.00. The molecule has 1 saturated heterocycles. The number of amides is 1. The number of hydrogen-bond donors (Lipinski definition) is 1. The van der Waals surface area contributed by atoms with Crippen LogP contribution in [0.25, 0.3) is 0 Å². The molecular weight excluding hydrogens is 345 g/mol. The van der Waals surface area contributed by atoms with Crippen LogP contribution >= 0.6 is 0 Å². The Hall–Kier alpha value is -2.61. The van der Waals surface area contributed by atoms with Crippen LogP contribution in [0, 0.1) is 0 Å². The number of rotatable bonds is 3. The third-order valence-electron chi connectivity index (χ3n) is 4.38. The second-order valence-corrected chi connectivity index (χ2v) is 6.23. The minimum atomic E-state index is -4.32. The molecule has 1 amide bonds. The van der Waals surface area contributed by atoms with Gasteiger partial charge in [-0.25, -0.2) is 4.98 Å². The molecule has 26 heavy (non-hydrogen) atoms. The minimum Gasteiger partial charge on any atom is -0.384 e. The van der Waals surface area contributed by atoms with E-state index in [1.807, 2.05) is 0 Å². The van der Waals surface area contributed by atoms with Crippen LogP contribution in [0.1, 0.15) is 21.5 Å². The SMILES string of the molecule is Nc1ccc(C(=O)N2CCN(Cc3ccc(C(F)(F)F)cc3)CC2)cn1. The third kappa shape index (κ3) is 4.32. The first-order chi connectivity index (χ1) is 12.3. The normalized spacial score (nSPS) is 15.9. The fraction of sp³-hybridized carbons (Fsp3) is 0.333. The molecule has 1 aliphatic rings. The van der Waals surface area contributed by atoms with Gasteiger partial charge in [-0.05, 0) is 29.8 Å². The van der Waals surface area contributed by atoms with Gasteiger partial charge < -0.3 is 10.6 Å². The van der Waals surface area contributed by atoms with Gasteiger partial charge in [0, 0.05) is 38.9 Å². The summed E-state index contributed by atoms with van der Waals surface area (Å²) < 4.78 is 37.8. The van der Waals surface area contributed by atoms with Gasteiger partial charge in [0.05, 0.1) is 11.1 Å². The van der Waals surface area contributed by atoms with Gasteiger partial charge in [0.1, 0.15) is 5.82 Å². The van der Waals surface area contributed by atoms with E-state index in [0.717, 1.165) is 17.7 Å². The second kappa shape index (κ2) is 7.33. The average molecular weight is 364 g/mol. The Labute approximate surface area is 149 Å². The standard InChI is InChI=1S/C18H19F3N4O/c19-18(20,21)15-4-1-13(2-5-15)12-24-7-9-25(10-8-24)17(26)14-3-6-16(22)23-11-14/h1-6,11H,7-10,12H2,(H2,22,23). The highest BCUT2D eigenvalue weighted by Crippen LogP contribution is 2.29. The fourth-order valence-electron chi connectivity index (χ4n) is 2.88. The van der Waals surface area contributed by atoms with E-state index in [4.69, 9.17) is 5.73 Å². The number of halogens is 3. The summed E-state index contributed by atoms with van der Waals surface area (Å²) in [5.41, 5.74) is 6.20. The van der Waals surface area contributed by atoms with Gasteiger partial charge in [0.2, 0.25) is 0 Å². The molecule has 1 aliphatic heterocycles. The van der Waals surface area contributed by atoms with Crippen molar-refractivity contribution in [3.63, 3.8) is 0 Å². The van der Waals surface area contributed by atoms with Crippen LogP contribution < -0.4 is 5.73 Å². The summed E-state index contributed by atoms with van der Waals surface area (Å²) in [6, 6.07) is 8.44. The highest BCUT2D eigenvalue weighted by atomic mass is 19.4. The highest BCUT2D eigenvalue weighted by Gasteiger charge is 2.30. The van der Waals surface area contributed by atoms with Crippen LogP contribution in [-0.4, -0.2) is 46.9 Å². The summed E-state index contributed by atoms with van der Waals surface area (Å²) in [7, 11) is 0. The molecule has 1 fully saturated rings. The molecule has 0 bridgehead atoms. The smallest absolute Gasteiger partial charge is 0.384 e. The first kappa shape index (κ1) is 18.2. The van der Waals surface area contributed by atoms with Crippen LogP contribution in [0.5, 0.6) is 0 Å². The lowest BCUT2D eigenvalue weighted by atomic mass is 10.1. The lowest BCUT2D eigenvalue weighted by Crippen LogP contribution is -2.48. The van der Waals surface area contributed by atoms with Crippen LogP contribution in [0.3, 0.4) is 0 Å². The van der Waals surface area contributed by atoms with Crippen molar-refractivity contribution in [3.8, 4) is 0 Å². The number of nitrogens with zero attached hydrogens (tertiary/aromatic N) is 3. The zero-order chi connectivity index (χ0) is 18.7. The molecule has 3 rings (SSSR count). The van der Waals surface area contributed by atoms with Crippen molar-refractivity contribution in [1.82, 2.24) is 14.8 Å². The first-order valence-electron chi connectivity index (χ1n) is 8.22. The number of piperazine rings is 1. The van der Waals surface area contributed by atoms with Crippen LogP contribution in [0.2, 0.25) is 0 Å². The molecule has 138 valence electrons. The zero-order valence-corrected chi connectivity index (χ0v) is 14.0. The van der Waals surface area contributed by atoms with Crippen molar-refractivity contribution in [2.45, 2.75) is 12.7 Å². The zero-order valence-electron chi connectivity index (χ0n) is 14.0. The Morgan fingerprint density at radius 1 is 1.04 bits per heavy atom. The third-order valence-corrected chi connectivity index (χ3v) is 4.38. The molecule has 0 radical (unpaired) electrons. The Morgan fingerprint density at radius 2 is 1.69 bits per heavy atom. The van der Waals surface area contributed by atoms with Gasteiger partial charge >= 0.3 is 6.18 Å². The Bertz CT molecular complexity index is 752. The topological polar surface area (TPSA) is 62.5 Å². The van der Waals surface area contributed by atoms with Crippen molar-refractivity contribution < 1.29 is 18.0 Å². The van der Waals surface area contributed by atoms with Gasteiger partial charge in [0.25, 0.3) is 5.91 Å². The Morgan fingerprint density at radius 3 is 2.23 bits per heavy atom. The van der Waals surface area contributed by atoms with Gasteiger partial charge in [0.15, 0.2) is 0 Å². The molecule has 8 heteroatoms. The second-order valence-electron chi connectivity index (χ2n) is 6.23. The lowest BCUT2D eigenvalue weighted by Gasteiger charge is -2.34. The molecule has 2 aromatic rings. The number of pyridine rings is 1.